The predicted molar refractivity (Wildman–Crippen MR) is 120 cm³/mol. The van der Waals surface area contributed by atoms with Crippen LogP contribution in [-0.2, 0) is 6.61 Å². The van der Waals surface area contributed by atoms with Crippen LogP contribution in [0.4, 0.5) is 0 Å². The first-order valence-electron chi connectivity index (χ1n) is 9.25. The van der Waals surface area contributed by atoms with Crippen molar-refractivity contribution in [3.63, 3.8) is 0 Å². The van der Waals surface area contributed by atoms with Crippen LogP contribution in [0.1, 0.15) is 11.1 Å². The smallest absolute Gasteiger partial charge is 0.344 e. The van der Waals surface area contributed by atoms with Crippen molar-refractivity contribution in [1.29, 1.82) is 0 Å². The first-order valence-corrected chi connectivity index (χ1v) is 10.0. The maximum absolute atomic E-state index is 12.7. The highest BCUT2D eigenvalue weighted by molar-refractivity contribution is 6.35. The zero-order valence-corrected chi connectivity index (χ0v) is 17.9. The van der Waals surface area contributed by atoms with Gasteiger partial charge in [0.2, 0.25) is 0 Å². The van der Waals surface area contributed by atoms with E-state index < -0.39 is 5.63 Å². The number of ether oxygens (including phenoxy) is 2. The Morgan fingerprint density at radius 3 is 2.27 bits per heavy atom. The van der Waals surface area contributed by atoms with Crippen LogP contribution in [-0.4, -0.2) is 7.11 Å². The van der Waals surface area contributed by atoms with Gasteiger partial charge in [0.1, 0.15) is 23.7 Å². The van der Waals surface area contributed by atoms with Crippen LogP contribution in [0.2, 0.25) is 10.0 Å². The number of aryl methyl sites for hydroxylation is 1. The number of methoxy groups -OCH3 is 1. The van der Waals surface area contributed by atoms with Gasteiger partial charge >= 0.3 is 5.63 Å². The van der Waals surface area contributed by atoms with Crippen LogP contribution in [0, 0.1) is 6.92 Å². The molecule has 30 heavy (non-hydrogen) atoms. The first kappa shape index (κ1) is 20.3. The minimum Gasteiger partial charge on any atom is -0.497 e. The van der Waals surface area contributed by atoms with E-state index in [2.05, 4.69) is 0 Å². The lowest BCUT2D eigenvalue weighted by atomic mass is 9.99. The highest BCUT2D eigenvalue weighted by Crippen LogP contribution is 2.31. The van der Waals surface area contributed by atoms with Gasteiger partial charge in [-0.3, -0.25) is 0 Å². The van der Waals surface area contributed by atoms with Crippen molar-refractivity contribution in [1.82, 2.24) is 0 Å². The summed E-state index contributed by atoms with van der Waals surface area (Å²) in [7, 11) is 1.60. The van der Waals surface area contributed by atoms with Crippen molar-refractivity contribution in [2.75, 3.05) is 7.11 Å². The lowest BCUT2D eigenvalue weighted by molar-refractivity contribution is 0.306. The van der Waals surface area contributed by atoms with E-state index in [-0.39, 0.29) is 6.61 Å². The van der Waals surface area contributed by atoms with E-state index in [0.717, 1.165) is 22.3 Å². The molecule has 3 aromatic carbocycles. The summed E-state index contributed by atoms with van der Waals surface area (Å²) >= 11 is 12.4. The second-order valence-electron chi connectivity index (χ2n) is 6.76. The molecule has 0 fully saturated rings. The Morgan fingerprint density at radius 1 is 0.933 bits per heavy atom. The molecular weight excluding hydrogens is 423 g/mol. The average molecular weight is 441 g/mol. The van der Waals surface area contributed by atoms with Gasteiger partial charge in [0.05, 0.1) is 12.7 Å². The predicted octanol–water partition coefficient (Wildman–Crippen LogP) is 6.66. The normalized spacial score (nSPS) is 10.9. The molecule has 0 aliphatic rings. The molecule has 4 rings (SSSR count). The molecule has 152 valence electrons. The molecule has 0 spiro atoms. The minimum atomic E-state index is -0.406. The topological polar surface area (TPSA) is 48.7 Å². The third-order valence-electron chi connectivity index (χ3n) is 4.96. The van der Waals surface area contributed by atoms with E-state index in [1.165, 1.54) is 0 Å². The second kappa shape index (κ2) is 8.42. The standard InChI is InChI=1S/C24H18Cl2O4/c1-14-18-11-10-17(29-13-19-20(25)4-3-5-21(19)26)12-22(18)30-24(27)23(14)15-6-8-16(28-2)9-7-15/h3-12H,13H2,1-2H3. The Hall–Kier alpha value is -2.95. The summed E-state index contributed by atoms with van der Waals surface area (Å²) in [6.07, 6.45) is 0. The maximum atomic E-state index is 12.7. The van der Waals surface area contributed by atoms with Crippen LogP contribution >= 0.6 is 23.2 Å². The van der Waals surface area contributed by atoms with E-state index in [1.54, 1.807) is 31.4 Å². The molecule has 4 nitrogen and oxygen atoms in total. The molecule has 0 atom stereocenters. The van der Waals surface area contributed by atoms with Gasteiger partial charge in [-0.05, 0) is 54.4 Å². The third-order valence-corrected chi connectivity index (χ3v) is 5.67. The van der Waals surface area contributed by atoms with Gasteiger partial charge in [0, 0.05) is 27.1 Å². The number of fused-ring (bicyclic) bond motifs is 1. The van der Waals surface area contributed by atoms with E-state index in [9.17, 15) is 4.79 Å². The van der Waals surface area contributed by atoms with Crippen LogP contribution < -0.4 is 15.1 Å². The van der Waals surface area contributed by atoms with Crippen molar-refractivity contribution >= 4 is 34.2 Å². The van der Waals surface area contributed by atoms with Crippen molar-refractivity contribution < 1.29 is 13.9 Å². The highest BCUT2D eigenvalue weighted by Gasteiger charge is 2.14. The third kappa shape index (κ3) is 3.89. The van der Waals surface area contributed by atoms with Crippen LogP contribution in [0.15, 0.2) is 69.9 Å². The van der Waals surface area contributed by atoms with Gasteiger partial charge in [-0.15, -0.1) is 0 Å². The molecule has 0 N–H and O–H groups in total. The van der Waals surface area contributed by atoms with Gasteiger partial charge in [-0.25, -0.2) is 4.79 Å². The molecule has 0 amide bonds. The molecule has 0 aliphatic carbocycles. The zero-order valence-electron chi connectivity index (χ0n) is 16.4. The summed E-state index contributed by atoms with van der Waals surface area (Å²) in [5.74, 6) is 1.28. The Morgan fingerprint density at radius 2 is 1.60 bits per heavy atom. The summed E-state index contributed by atoms with van der Waals surface area (Å²) in [5, 5.41) is 1.91. The molecule has 0 radical (unpaired) electrons. The van der Waals surface area contributed by atoms with Gasteiger partial charge in [-0.2, -0.15) is 0 Å². The Bertz CT molecular complexity index is 1260. The Balaban J connectivity index is 1.68. The van der Waals surface area contributed by atoms with Gasteiger partial charge in [-0.1, -0.05) is 41.4 Å². The van der Waals surface area contributed by atoms with Gasteiger partial charge in [0.25, 0.3) is 0 Å². The number of halogens is 2. The quantitative estimate of drug-likeness (QED) is 0.325. The Kier molecular flexibility index (Phi) is 5.71. The molecule has 0 bridgehead atoms. The SMILES string of the molecule is COc1ccc(-c2c(C)c3ccc(OCc4c(Cl)cccc4Cl)cc3oc2=O)cc1. The molecular formula is C24H18Cl2O4. The van der Waals surface area contributed by atoms with Crippen LogP contribution in [0.25, 0.3) is 22.1 Å². The molecule has 0 saturated carbocycles. The monoisotopic (exact) mass is 440 g/mol. The van der Waals surface area contributed by atoms with Crippen molar-refractivity contribution in [2.45, 2.75) is 13.5 Å². The van der Waals surface area contributed by atoms with Crippen molar-refractivity contribution in [3.8, 4) is 22.6 Å². The van der Waals surface area contributed by atoms with Crippen molar-refractivity contribution in [2.24, 2.45) is 0 Å². The highest BCUT2D eigenvalue weighted by atomic mass is 35.5. The first-order chi connectivity index (χ1) is 14.5. The lowest BCUT2D eigenvalue weighted by Gasteiger charge is -2.12. The molecule has 1 aromatic heterocycles. The fourth-order valence-corrected chi connectivity index (χ4v) is 3.85. The van der Waals surface area contributed by atoms with E-state index in [0.29, 0.717) is 32.5 Å². The molecule has 0 aliphatic heterocycles. The van der Waals surface area contributed by atoms with Crippen LogP contribution in [0.3, 0.4) is 0 Å². The molecule has 0 unspecified atom stereocenters. The summed E-state index contributed by atoms with van der Waals surface area (Å²) in [5.41, 5.74) is 2.90. The molecule has 6 heteroatoms. The van der Waals surface area contributed by atoms with E-state index >= 15 is 0 Å². The summed E-state index contributed by atoms with van der Waals surface area (Å²) in [6.45, 7) is 2.11. The van der Waals surface area contributed by atoms with Crippen molar-refractivity contribution in [3.05, 3.63) is 92.3 Å². The average Bonchev–Trinajstić information content (AvgIpc) is 2.73. The fourth-order valence-electron chi connectivity index (χ4n) is 3.34. The second-order valence-corrected chi connectivity index (χ2v) is 7.58. The van der Waals surface area contributed by atoms with Gasteiger partial charge in [0.15, 0.2) is 0 Å². The number of rotatable bonds is 5. The van der Waals surface area contributed by atoms with E-state index in [1.807, 2.05) is 43.3 Å². The summed E-state index contributed by atoms with van der Waals surface area (Å²) < 4.78 is 16.6. The Labute approximate surface area is 183 Å². The summed E-state index contributed by atoms with van der Waals surface area (Å²) in [6, 6.07) is 18.0. The van der Waals surface area contributed by atoms with E-state index in [4.69, 9.17) is 37.1 Å². The largest absolute Gasteiger partial charge is 0.497 e. The number of benzene rings is 3. The minimum absolute atomic E-state index is 0.206. The number of hydrogen-bond donors (Lipinski definition) is 0. The molecule has 4 aromatic rings. The number of hydrogen-bond acceptors (Lipinski definition) is 4. The molecule has 1 heterocycles. The lowest BCUT2D eigenvalue weighted by Crippen LogP contribution is -2.06. The summed E-state index contributed by atoms with van der Waals surface area (Å²) in [4.78, 5) is 12.7. The molecule has 0 saturated heterocycles. The van der Waals surface area contributed by atoms with Gasteiger partial charge < -0.3 is 13.9 Å². The maximum Gasteiger partial charge on any atom is 0.344 e. The fraction of sp³-hybridized carbons (Fsp3) is 0.125. The zero-order chi connectivity index (χ0) is 21.3. The van der Waals surface area contributed by atoms with Crippen LogP contribution in [0.5, 0.6) is 11.5 Å².